The normalized spacial score (nSPS) is 18.7. The van der Waals surface area contributed by atoms with Crippen LogP contribution in [0.4, 0.5) is 11.5 Å². The number of hydrogen-bond acceptors (Lipinski definition) is 6. The van der Waals surface area contributed by atoms with E-state index in [-0.39, 0.29) is 23.9 Å². The molecule has 7 heteroatoms. The highest BCUT2D eigenvalue weighted by Gasteiger charge is 2.27. The summed E-state index contributed by atoms with van der Waals surface area (Å²) in [5, 5.41) is 28.9. The molecule has 0 spiro atoms. The Labute approximate surface area is 103 Å². The quantitative estimate of drug-likeness (QED) is 0.627. The second-order valence-electron chi connectivity index (χ2n) is 4.11. The molecule has 0 bridgehead atoms. The van der Waals surface area contributed by atoms with Gasteiger partial charge in [0.05, 0.1) is 17.6 Å². The Bertz CT molecular complexity index is 512. The molecular weight excluding hydrogens is 236 g/mol. The van der Waals surface area contributed by atoms with Gasteiger partial charge in [0, 0.05) is 12.6 Å². The molecule has 1 fully saturated rings. The number of hydrogen-bond donors (Lipinski definition) is 1. The van der Waals surface area contributed by atoms with E-state index in [4.69, 9.17) is 5.26 Å². The lowest BCUT2D eigenvalue weighted by molar-refractivity contribution is -0.385. The van der Waals surface area contributed by atoms with Gasteiger partial charge in [0.1, 0.15) is 23.6 Å². The van der Waals surface area contributed by atoms with Crippen LogP contribution in [0.25, 0.3) is 0 Å². The van der Waals surface area contributed by atoms with E-state index < -0.39 is 4.92 Å². The van der Waals surface area contributed by atoms with Crippen LogP contribution in [0.15, 0.2) is 12.3 Å². The minimum absolute atomic E-state index is 0.0104. The van der Waals surface area contributed by atoms with E-state index in [9.17, 15) is 15.2 Å². The van der Waals surface area contributed by atoms with Crippen LogP contribution >= 0.6 is 0 Å². The zero-order chi connectivity index (χ0) is 13.1. The summed E-state index contributed by atoms with van der Waals surface area (Å²) in [6.07, 6.45) is 2.89. The Morgan fingerprint density at radius 1 is 1.72 bits per heavy atom. The second kappa shape index (κ2) is 4.98. The highest BCUT2D eigenvalue weighted by atomic mass is 16.6. The van der Waals surface area contributed by atoms with Gasteiger partial charge in [0.15, 0.2) is 0 Å². The number of nitro groups is 1. The van der Waals surface area contributed by atoms with E-state index in [2.05, 4.69) is 4.98 Å². The van der Waals surface area contributed by atoms with Crippen LogP contribution in [0, 0.1) is 21.4 Å². The van der Waals surface area contributed by atoms with Gasteiger partial charge >= 0.3 is 0 Å². The maximum atomic E-state index is 10.6. The SMILES string of the molecule is N#Cc1cc([N+](=O)[O-])cnc1N1CCCC1CO. The summed E-state index contributed by atoms with van der Waals surface area (Å²) in [7, 11) is 0. The third kappa shape index (κ3) is 2.10. The first-order chi connectivity index (χ1) is 8.67. The highest BCUT2D eigenvalue weighted by molar-refractivity contribution is 5.58. The third-order valence-electron chi connectivity index (χ3n) is 3.04. The molecule has 0 aliphatic carbocycles. The molecule has 0 radical (unpaired) electrons. The predicted molar refractivity (Wildman–Crippen MR) is 63.1 cm³/mol. The van der Waals surface area contributed by atoms with Crippen molar-refractivity contribution in [1.29, 1.82) is 5.26 Å². The molecular formula is C11H12N4O3. The van der Waals surface area contributed by atoms with Crippen molar-refractivity contribution in [2.45, 2.75) is 18.9 Å². The lowest BCUT2D eigenvalue weighted by Gasteiger charge is -2.24. The van der Waals surface area contributed by atoms with Crippen LogP contribution in [0.1, 0.15) is 18.4 Å². The molecule has 1 unspecified atom stereocenters. The van der Waals surface area contributed by atoms with Gasteiger partial charge in [-0.25, -0.2) is 4.98 Å². The summed E-state index contributed by atoms with van der Waals surface area (Å²) in [5.74, 6) is 0.416. The van der Waals surface area contributed by atoms with Gasteiger partial charge in [-0.2, -0.15) is 5.26 Å². The first-order valence-electron chi connectivity index (χ1n) is 5.59. The van der Waals surface area contributed by atoms with Crippen molar-refractivity contribution in [2.75, 3.05) is 18.1 Å². The molecule has 1 atom stereocenters. The number of aliphatic hydroxyl groups is 1. The van der Waals surface area contributed by atoms with Crippen molar-refractivity contribution < 1.29 is 10.0 Å². The zero-order valence-electron chi connectivity index (χ0n) is 9.61. The van der Waals surface area contributed by atoms with Gasteiger partial charge in [-0.3, -0.25) is 10.1 Å². The molecule has 1 aromatic rings. The monoisotopic (exact) mass is 248 g/mol. The van der Waals surface area contributed by atoms with Crippen molar-refractivity contribution in [3.8, 4) is 6.07 Å². The Kier molecular flexibility index (Phi) is 3.39. The van der Waals surface area contributed by atoms with Crippen molar-refractivity contribution >= 4 is 11.5 Å². The number of anilines is 1. The molecule has 18 heavy (non-hydrogen) atoms. The summed E-state index contributed by atoms with van der Waals surface area (Å²) in [4.78, 5) is 15.9. The molecule has 1 aliphatic rings. The minimum Gasteiger partial charge on any atom is -0.394 e. The molecule has 1 N–H and O–H groups in total. The molecule has 2 rings (SSSR count). The summed E-state index contributed by atoms with van der Waals surface area (Å²) >= 11 is 0. The summed E-state index contributed by atoms with van der Waals surface area (Å²) in [6.45, 7) is 0.689. The van der Waals surface area contributed by atoms with Crippen LogP contribution < -0.4 is 4.90 Å². The number of aliphatic hydroxyl groups excluding tert-OH is 1. The van der Waals surface area contributed by atoms with Crippen LogP contribution in [0.2, 0.25) is 0 Å². The summed E-state index contributed by atoms with van der Waals surface area (Å²) < 4.78 is 0. The van der Waals surface area contributed by atoms with Crippen LogP contribution in [-0.4, -0.2) is 34.2 Å². The Morgan fingerprint density at radius 3 is 3.11 bits per heavy atom. The van der Waals surface area contributed by atoms with Crippen LogP contribution in [-0.2, 0) is 0 Å². The topological polar surface area (TPSA) is 103 Å². The van der Waals surface area contributed by atoms with Crippen molar-refractivity contribution in [2.24, 2.45) is 0 Å². The Morgan fingerprint density at radius 2 is 2.50 bits per heavy atom. The number of aromatic nitrogens is 1. The summed E-state index contributed by atoms with van der Waals surface area (Å²) in [5.41, 5.74) is -0.0282. The van der Waals surface area contributed by atoms with Gasteiger partial charge in [-0.1, -0.05) is 0 Å². The van der Waals surface area contributed by atoms with Gasteiger partial charge in [-0.15, -0.1) is 0 Å². The van der Waals surface area contributed by atoms with Gasteiger partial charge in [0.25, 0.3) is 5.69 Å². The van der Waals surface area contributed by atoms with Crippen molar-refractivity contribution in [3.05, 3.63) is 27.9 Å². The average Bonchev–Trinajstić information content (AvgIpc) is 2.85. The molecule has 2 heterocycles. The van der Waals surface area contributed by atoms with Crippen molar-refractivity contribution in [1.82, 2.24) is 4.98 Å². The molecule has 1 saturated heterocycles. The fourth-order valence-electron chi connectivity index (χ4n) is 2.16. The fourth-order valence-corrected chi connectivity index (χ4v) is 2.16. The number of rotatable bonds is 3. The second-order valence-corrected chi connectivity index (χ2v) is 4.11. The maximum Gasteiger partial charge on any atom is 0.289 e. The van der Waals surface area contributed by atoms with E-state index in [1.165, 1.54) is 6.07 Å². The number of nitriles is 1. The Hall–Kier alpha value is -2.20. The zero-order valence-corrected chi connectivity index (χ0v) is 9.61. The van der Waals surface area contributed by atoms with Crippen molar-refractivity contribution in [3.63, 3.8) is 0 Å². The van der Waals surface area contributed by atoms with Crippen LogP contribution in [0.5, 0.6) is 0 Å². The number of pyridine rings is 1. The maximum absolute atomic E-state index is 10.6. The number of nitrogens with zero attached hydrogens (tertiary/aromatic N) is 4. The van der Waals surface area contributed by atoms with Crippen LogP contribution in [0.3, 0.4) is 0 Å². The van der Waals surface area contributed by atoms with E-state index in [1.807, 2.05) is 11.0 Å². The molecule has 0 aromatic carbocycles. The van der Waals surface area contributed by atoms with E-state index in [0.29, 0.717) is 12.4 Å². The van der Waals surface area contributed by atoms with Gasteiger partial charge in [-0.05, 0) is 12.8 Å². The average molecular weight is 248 g/mol. The molecule has 0 amide bonds. The molecule has 0 saturated carbocycles. The minimum atomic E-state index is -0.578. The fraction of sp³-hybridized carbons (Fsp3) is 0.455. The van der Waals surface area contributed by atoms with E-state index in [0.717, 1.165) is 19.0 Å². The first kappa shape index (κ1) is 12.3. The molecule has 1 aliphatic heterocycles. The van der Waals surface area contributed by atoms with E-state index >= 15 is 0 Å². The van der Waals surface area contributed by atoms with Gasteiger partial charge < -0.3 is 10.0 Å². The predicted octanol–water partition coefficient (Wildman–Crippen LogP) is 0.823. The smallest absolute Gasteiger partial charge is 0.289 e. The molecule has 7 nitrogen and oxygen atoms in total. The molecule has 1 aromatic heterocycles. The third-order valence-corrected chi connectivity index (χ3v) is 3.04. The highest BCUT2D eigenvalue weighted by Crippen LogP contribution is 2.28. The standard InChI is InChI=1S/C11H12N4O3/c12-5-8-4-10(15(17)18)6-13-11(8)14-3-1-2-9(14)7-16/h4,6,9,16H,1-3,7H2. The summed E-state index contributed by atoms with van der Waals surface area (Å²) in [6, 6.07) is 3.08. The van der Waals surface area contributed by atoms with Gasteiger partial charge in [0.2, 0.25) is 0 Å². The largest absolute Gasteiger partial charge is 0.394 e. The molecule has 94 valence electrons. The lowest BCUT2D eigenvalue weighted by Crippen LogP contribution is -2.33. The Balaban J connectivity index is 2.39. The lowest BCUT2D eigenvalue weighted by atomic mass is 10.2. The van der Waals surface area contributed by atoms with E-state index in [1.54, 1.807) is 0 Å². The first-order valence-corrected chi connectivity index (χ1v) is 5.59.